The van der Waals surface area contributed by atoms with Crippen LogP contribution in [0.5, 0.6) is 0 Å². The van der Waals surface area contributed by atoms with Crippen LogP contribution in [0.25, 0.3) is 0 Å². The molecule has 0 aliphatic rings. The number of carbonyl (C=O) groups excluding carboxylic acids is 4. The number of halogens is 3. The molecule has 0 fully saturated rings. The van der Waals surface area contributed by atoms with Crippen molar-refractivity contribution < 1.29 is 33.4 Å². The van der Waals surface area contributed by atoms with Gasteiger partial charge in [-0.25, -0.2) is 0 Å². The molecule has 0 aromatic heterocycles. The SMILES string of the molecule is CC(=O)OCC(NC(=O)c1c(I)cc(I)c(C)c1I)C(COC(C)=O)OC(C)=O. The number of esters is 3. The largest absolute Gasteiger partial charge is 0.464 e. The Labute approximate surface area is 209 Å². The Morgan fingerprint density at radius 3 is 2.00 bits per heavy atom. The van der Waals surface area contributed by atoms with Gasteiger partial charge in [0.05, 0.1) is 5.56 Å². The van der Waals surface area contributed by atoms with Crippen LogP contribution in [-0.2, 0) is 28.6 Å². The van der Waals surface area contributed by atoms with Crippen molar-refractivity contribution in [3.8, 4) is 0 Å². The number of hydrogen-bond donors (Lipinski definition) is 1. The predicted octanol–water partition coefficient (Wildman–Crippen LogP) is 2.97. The summed E-state index contributed by atoms with van der Waals surface area (Å²) in [7, 11) is 0. The molecular formula is C18H20I3NO7. The summed E-state index contributed by atoms with van der Waals surface area (Å²) >= 11 is 6.37. The molecule has 1 N–H and O–H groups in total. The molecule has 1 aromatic carbocycles. The number of rotatable bonds is 8. The number of carbonyl (C=O) groups is 4. The van der Waals surface area contributed by atoms with Gasteiger partial charge in [-0.1, -0.05) is 0 Å². The molecule has 0 radical (unpaired) electrons. The molecule has 1 aromatic rings. The van der Waals surface area contributed by atoms with Crippen LogP contribution in [0.1, 0.15) is 36.7 Å². The molecular weight excluding hydrogens is 723 g/mol. The highest BCUT2D eigenvalue weighted by atomic mass is 127. The van der Waals surface area contributed by atoms with Crippen molar-refractivity contribution in [3.63, 3.8) is 0 Å². The molecule has 0 aliphatic carbocycles. The van der Waals surface area contributed by atoms with Crippen molar-refractivity contribution >= 4 is 91.6 Å². The highest BCUT2D eigenvalue weighted by molar-refractivity contribution is 14.1. The summed E-state index contributed by atoms with van der Waals surface area (Å²) in [5, 5.41) is 2.75. The van der Waals surface area contributed by atoms with Crippen LogP contribution in [-0.4, -0.2) is 49.2 Å². The molecule has 2 unspecified atom stereocenters. The fourth-order valence-electron chi connectivity index (χ4n) is 2.23. The van der Waals surface area contributed by atoms with E-state index in [4.69, 9.17) is 14.2 Å². The smallest absolute Gasteiger partial charge is 0.303 e. The van der Waals surface area contributed by atoms with Crippen molar-refractivity contribution in [3.05, 3.63) is 27.9 Å². The second-order valence-electron chi connectivity index (χ2n) is 5.99. The summed E-state index contributed by atoms with van der Waals surface area (Å²) in [6.45, 7) is 5.00. The summed E-state index contributed by atoms with van der Waals surface area (Å²) in [6, 6.07) is 0.970. The zero-order valence-electron chi connectivity index (χ0n) is 16.1. The quantitative estimate of drug-likeness (QED) is 0.248. The van der Waals surface area contributed by atoms with Crippen LogP contribution in [0.3, 0.4) is 0 Å². The first-order valence-electron chi connectivity index (χ1n) is 8.32. The molecule has 0 saturated carbocycles. The third-order valence-electron chi connectivity index (χ3n) is 3.63. The fourth-order valence-corrected chi connectivity index (χ4v) is 6.09. The summed E-state index contributed by atoms with van der Waals surface area (Å²) in [6.07, 6.45) is -1.03. The molecule has 1 rings (SSSR count). The highest BCUT2D eigenvalue weighted by Gasteiger charge is 2.30. The lowest BCUT2D eigenvalue weighted by molar-refractivity contribution is -0.160. The minimum absolute atomic E-state index is 0.253. The molecule has 0 heterocycles. The van der Waals surface area contributed by atoms with Gasteiger partial charge in [-0.3, -0.25) is 19.2 Å². The van der Waals surface area contributed by atoms with Crippen molar-refractivity contribution in [2.24, 2.45) is 0 Å². The minimum atomic E-state index is -1.03. The molecule has 0 aliphatic heterocycles. The highest BCUT2D eigenvalue weighted by Crippen LogP contribution is 2.27. The average molecular weight is 743 g/mol. The number of benzene rings is 1. The first-order valence-corrected chi connectivity index (χ1v) is 11.6. The molecule has 0 bridgehead atoms. The summed E-state index contributed by atoms with van der Waals surface area (Å²) < 4.78 is 17.7. The number of ether oxygens (including phenoxy) is 3. The van der Waals surface area contributed by atoms with Crippen LogP contribution >= 0.6 is 67.8 Å². The lowest BCUT2D eigenvalue weighted by atomic mass is 10.1. The van der Waals surface area contributed by atoms with E-state index < -0.39 is 36.0 Å². The molecule has 0 saturated heterocycles. The van der Waals surface area contributed by atoms with Crippen LogP contribution in [0.15, 0.2) is 6.07 Å². The Balaban J connectivity index is 3.20. The minimum Gasteiger partial charge on any atom is -0.464 e. The Morgan fingerprint density at radius 2 is 1.48 bits per heavy atom. The number of hydrogen-bond acceptors (Lipinski definition) is 7. The van der Waals surface area contributed by atoms with E-state index in [0.717, 1.165) is 16.3 Å². The van der Waals surface area contributed by atoms with E-state index >= 15 is 0 Å². The van der Waals surface area contributed by atoms with Crippen molar-refractivity contribution in [1.29, 1.82) is 0 Å². The van der Waals surface area contributed by atoms with E-state index in [2.05, 4.69) is 73.1 Å². The summed E-state index contributed by atoms with van der Waals surface area (Å²) in [5.74, 6) is -2.18. The zero-order chi connectivity index (χ0) is 22.3. The van der Waals surface area contributed by atoms with Gasteiger partial charge in [0.25, 0.3) is 5.91 Å². The van der Waals surface area contributed by atoms with Crippen LogP contribution in [0.4, 0.5) is 0 Å². The Kier molecular flexibility index (Phi) is 11.1. The fraction of sp³-hybridized carbons (Fsp3) is 0.444. The maximum Gasteiger partial charge on any atom is 0.303 e. The maximum absolute atomic E-state index is 13.0. The third kappa shape index (κ3) is 8.51. The van der Waals surface area contributed by atoms with Gasteiger partial charge in [0.15, 0.2) is 6.10 Å². The van der Waals surface area contributed by atoms with E-state index in [1.165, 1.54) is 20.8 Å². The van der Waals surface area contributed by atoms with Crippen LogP contribution < -0.4 is 5.32 Å². The van der Waals surface area contributed by atoms with Gasteiger partial charge < -0.3 is 19.5 Å². The second kappa shape index (κ2) is 12.2. The normalized spacial score (nSPS) is 12.5. The van der Waals surface area contributed by atoms with E-state index in [0.29, 0.717) is 5.56 Å². The monoisotopic (exact) mass is 743 g/mol. The van der Waals surface area contributed by atoms with Crippen molar-refractivity contribution in [1.82, 2.24) is 5.32 Å². The average Bonchev–Trinajstić information content (AvgIpc) is 2.59. The number of amides is 1. The van der Waals surface area contributed by atoms with E-state index in [1.54, 1.807) is 0 Å². The topological polar surface area (TPSA) is 108 Å². The standard InChI is InChI=1S/C18H20I3NO7/c1-8-12(19)5-13(20)16(17(8)21)18(26)22-14(6-27-9(2)23)15(29-11(4)25)7-28-10(3)24/h5,14-15H,6-7H2,1-4H3,(H,22,26). The second-order valence-corrected chi connectivity index (χ2v) is 9.39. The molecule has 1 amide bonds. The van der Waals surface area contributed by atoms with Gasteiger partial charge in [0.1, 0.15) is 19.3 Å². The van der Waals surface area contributed by atoms with Crippen molar-refractivity contribution in [2.45, 2.75) is 39.8 Å². The van der Waals surface area contributed by atoms with E-state index in [9.17, 15) is 19.2 Å². The first kappa shape index (κ1) is 26.3. The van der Waals surface area contributed by atoms with E-state index in [1.807, 2.05) is 13.0 Å². The molecule has 160 valence electrons. The molecule has 8 nitrogen and oxygen atoms in total. The van der Waals surface area contributed by atoms with Gasteiger partial charge in [-0.2, -0.15) is 0 Å². The van der Waals surface area contributed by atoms with Gasteiger partial charge in [0, 0.05) is 31.5 Å². The van der Waals surface area contributed by atoms with Crippen LogP contribution in [0, 0.1) is 17.6 Å². The maximum atomic E-state index is 13.0. The van der Waals surface area contributed by atoms with Gasteiger partial charge in [0.2, 0.25) is 0 Å². The van der Waals surface area contributed by atoms with Gasteiger partial charge in [-0.05, 0) is 86.3 Å². The molecule has 29 heavy (non-hydrogen) atoms. The molecule has 0 spiro atoms. The Bertz CT molecular complexity index is 813. The lowest BCUT2D eigenvalue weighted by Crippen LogP contribution is -2.50. The third-order valence-corrected chi connectivity index (χ3v) is 6.95. The van der Waals surface area contributed by atoms with E-state index in [-0.39, 0.29) is 13.2 Å². The van der Waals surface area contributed by atoms with Crippen LogP contribution in [0.2, 0.25) is 0 Å². The molecule has 2 atom stereocenters. The van der Waals surface area contributed by atoms with Gasteiger partial charge in [-0.15, -0.1) is 0 Å². The zero-order valence-corrected chi connectivity index (χ0v) is 22.6. The Morgan fingerprint density at radius 1 is 0.931 bits per heavy atom. The summed E-state index contributed by atoms with van der Waals surface area (Å²) in [4.78, 5) is 47.0. The first-order chi connectivity index (χ1) is 13.4. The Hall–Kier alpha value is -0.710. The summed E-state index contributed by atoms with van der Waals surface area (Å²) in [5.41, 5.74) is 1.43. The molecule has 11 heteroatoms. The van der Waals surface area contributed by atoms with Gasteiger partial charge >= 0.3 is 17.9 Å². The predicted molar refractivity (Wildman–Crippen MR) is 129 cm³/mol. The van der Waals surface area contributed by atoms with Crippen molar-refractivity contribution in [2.75, 3.05) is 13.2 Å². The lowest BCUT2D eigenvalue weighted by Gasteiger charge is -2.27. The number of nitrogens with one attached hydrogen (secondary N) is 1.